The average molecular weight is 414 g/mol. The number of ketones is 1. The lowest BCUT2D eigenvalue weighted by atomic mass is 10.2. The van der Waals surface area contributed by atoms with E-state index in [1.165, 1.54) is 10.8 Å². The first-order valence-corrected chi connectivity index (χ1v) is 9.88. The van der Waals surface area contributed by atoms with Crippen LogP contribution >= 0.6 is 11.8 Å². The van der Waals surface area contributed by atoms with Gasteiger partial charge in [0.25, 0.3) is 5.56 Å². The van der Waals surface area contributed by atoms with Gasteiger partial charge in [0.1, 0.15) is 11.4 Å². The van der Waals surface area contributed by atoms with Crippen LogP contribution < -0.4 is 17.0 Å². The Balaban J connectivity index is 1.60. The lowest BCUT2D eigenvalue weighted by Crippen LogP contribution is -2.36. The van der Waals surface area contributed by atoms with Gasteiger partial charge in [0, 0.05) is 12.6 Å². The fourth-order valence-corrected chi connectivity index (χ4v) is 3.83. The van der Waals surface area contributed by atoms with E-state index in [9.17, 15) is 14.4 Å². The second-order valence-corrected chi connectivity index (χ2v) is 7.46. The van der Waals surface area contributed by atoms with Crippen LogP contribution in [0.3, 0.4) is 0 Å². The van der Waals surface area contributed by atoms with E-state index in [0.717, 1.165) is 24.6 Å². The monoisotopic (exact) mass is 414 g/mol. The number of H-pyrrole nitrogens is 1. The van der Waals surface area contributed by atoms with Crippen LogP contribution in [0.2, 0.25) is 0 Å². The van der Waals surface area contributed by atoms with Crippen LogP contribution in [-0.2, 0) is 6.54 Å². The van der Waals surface area contributed by atoms with E-state index in [1.54, 1.807) is 22.8 Å². The molecule has 1 aliphatic carbocycles. The van der Waals surface area contributed by atoms with Crippen LogP contribution in [-0.4, -0.2) is 35.9 Å². The first-order chi connectivity index (χ1) is 14.0. The average Bonchev–Trinajstić information content (AvgIpc) is 3.20. The molecule has 0 aliphatic heterocycles. The Morgan fingerprint density at radius 2 is 2.21 bits per heavy atom. The van der Waals surface area contributed by atoms with Crippen LogP contribution in [0.5, 0.6) is 0 Å². The summed E-state index contributed by atoms with van der Waals surface area (Å²) in [5.74, 6) is 0.370. The predicted octanol–water partition coefficient (Wildman–Crippen LogP) is 1.47. The quantitative estimate of drug-likeness (QED) is 0.320. The molecule has 0 saturated heterocycles. The summed E-state index contributed by atoms with van der Waals surface area (Å²) < 4.78 is 8.41. The molecule has 10 nitrogen and oxygen atoms in total. The molecule has 0 unspecified atom stereocenters. The number of furan rings is 1. The Morgan fingerprint density at radius 1 is 1.41 bits per heavy atom. The third kappa shape index (κ3) is 3.56. The molecule has 0 amide bonds. The van der Waals surface area contributed by atoms with Crippen molar-refractivity contribution in [2.24, 2.45) is 0 Å². The molecule has 29 heavy (non-hydrogen) atoms. The molecule has 1 aliphatic rings. The van der Waals surface area contributed by atoms with Crippen molar-refractivity contribution in [3.8, 4) is 11.6 Å². The van der Waals surface area contributed by atoms with Crippen molar-refractivity contribution in [1.29, 1.82) is 0 Å². The molecule has 3 aromatic heterocycles. The molecule has 0 bridgehead atoms. The molecule has 150 valence electrons. The number of hydrogen-bond acceptors (Lipinski definition) is 8. The molecule has 0 atom stereocenters. The van der Waals surface area contributed by atoms with Crippen LogP contribution in [0, 0.1) is 0 Å². The Hall–Kier alpha value is -3.34. The lowest BCUT2D eigenvalue weighted by molar-refractivity contribution is 0.102. The predicted molar refractivity (Wildman–Crippen MR) is 107 cm³/mol. The van der Waals surface area contributed by atoms with Gasteiger partial charge in [-0.15, -0.1) is 16.8 Å². The molecular weight excluding hydrogens is 396 g/mol. The van der Waals surface area contributed by atoms with Gasteiger partial charge in [-0.3, -0.25) is 23.7 Å². The minimum atomic E-state index is -0.779. The van der Waals surface area contributed by atoms with Crippen LogP contribution in [0.4, 0.5) is 5.82 Å². The number of aromatic amines is 1. The molecule has 0 spiro atoms. The van der Waals surface area contributed by atoms with Gasteiger partial charge in [-0.25, -0.2) is 4.79 Å². The highest BCUT2D eigenvalue weighted by atomic mass is 32.2. The van der Waals surface area contributed by atoms with E-state index in [1.807, 2.05) is 0 Å². The van der Waals surface area contributed by atoms with Crippen molar-refractivity contribution < 1.29 is 9.21 Å². The number of nitrogens with two attached hydrogens (primary N) is 1. The van der Waals surface area contributed by atoms with Gasteiger partial charge < -0.3 is 10.2 Å². The zero-order chi connectivity index (χ0) is 20.5. The van der Waals surface area contributed by atoms with Crippen LogP contribution in [0.1, 0.15) is 29.2 Å². The standard InChI is InChI=1S/C18H18N6O4S/c1-2-7-23-15(12-4-3-8-28-12)21-22-18(23)29-9-11(25)13-14(19)24(10-5-6-10)17(27)20-16(13)26/h2-4,8,10H,1,5-7,9,19H2,(H,20,26,27). The summed E-state index contributed by atoms with van der Waals surface area (Å²) in [6.07, 6.45) is 4.79. The van der Waals surface area contributed by atoms with E-state index in [2.05, 4.69) is 21.8 Å². The van der Waals surface area contributed by atoms with E-state index < -0.39 is 17.0 Å². The maximum atomic E-state index is 12.7. The van der Waals surface area contributed by atoms with Crippen LogP contribution in [0.15, 0.2) is 50.2 Å². The molecule has 1 saturated carbocycles. The normalized spacial score (nSPS) is 13.5. The summed E-state index contributed by atoms with van der Waals surface area (Å²) >= 11 is 1.11. The van der Waals surface area contributed by atoms with Crippen molar-refractivity contribution in [3.63, 3.8) is 0 Å². The number of nitrogen functional groups attached to an aromatic ring is 1. The van der Waals surface area contributed by atoms with Gasteiger partial charge in [0.15, 0.2) is 16.7 Å². The van der Waals surface area contributed by atoms with Gasteiger partial charge in [-0.05, 0) is 25.0 Å². The number of Topliss-reactive ketones (excluding diaryl/α,β-unsaturated/α-hetero) is 1. The smallest absolute Gasteiger partial charge is 0.330 e. The lowest BCUT2D eigenvalue weighted by Gasteiger charge is -2.11. The summed E-state index contributed by atoms with van der Waals surface area (Å²) in [6, 6.07) is 3.43. The Bertz CT molecular complexity index is 1190. The van der Waals surface area contributed by atoms with Crippen LogP contribution in [0.25, 0.3) is 11.6 Å². The fourth-order valence-electron chi connectivity index (χ4n) is 3.01. The number of allylic oxidation sites excluding steroid dienone is 1. The Labute approximate surface area is 168 Å². The fraction of sp³-hybridized carbons (Fsp3) is 0.278. The first kappa shape index (κ1) is 19.0. The molecule has 11 heteroatoms. The van der Waals surface area contributed by atoms with Crippen molar-refractivity contribution >= 4 is 23.4 Å². The second-order valence-electron chi connectivity index (χ2n) is 6.52. The number of carbonyl (C=O) groups is 1. The Kier molecular flexibility index (Phi) is 4.97. The third-order valence-corrected chi connectivity index (χ3v) is 5.44. The highest BCUT2D eigenvalue weighted by Gasteiger charge is 2.30. The van der Waals surface area contributed by atoms with Gasteiger partial charge in [-0.1, -0.05) is 17.8 Å². The molecule has 4 rings (SSSR count). The molecule has 0 aromatic carbocycles. The van der Waals surface area contributed by atoms with Gasteiger partial charge in [0.2, 0.25) is 5.82 Å². The van der Waals surface area contributed by atoms with E-state index in [4.69, 9.17) is 10.2 Å². The number of aromatic nitrogens is 5. The van der Waals surface area contributed by atoms with Crippen molar-refractivity contribution in [3.05, 3.63) is 57.5 Å². The molecule has 1 fully saturated rings. The SMILES string of the molecule is C=CCn1c(SCC(=O)c2c(N)n(C3CC3)c(=O)[nH]c2=O)nnc1-c1ccco1. The zero-order valence-corrected chi connectivity index (χ0v) is 16.1. The molecule has 3 heterocycles. The minimum absolute atomic E-state index is 0.0647. The largest absolute Gasteiger partial charge is 0.461 e. The Morgan fingerprint density at radius 3 is 2.86 bits per heavy atom. The summed E-state index contributed by atoms with van der Waals surface area (Å²) in [5, 5.41) is 8.70. The molecule has 3 aromatic rings. The minimum Gasteiger partial charge on any atom is -0.461 e. The first-order valence-electron chi connectivity index (χ1n) is 8.89. The number of anilines is 1. The summed E-state index contributed by atoms with van der Waals surface area (Å²) in [6.45, 7) is 4.14. The maximum absolute atomic E-state index is 12.7. The topological polar surface area (TPSA) is 142 Å². The number of thioether (sulfide) groups is 1. The van der Waals surface area contributed by atoms with Crippen molar-refractivity contribution in [1.82, 2.24) is 24.3 Å². The van der Waals surface area contributed by atoms with Crippen molar-refractivity contribution in [2.75, 3.05) is 11.5 Å². The van der Waals surface area contributed by atoms with E-state index >= 15 is 0 Å². The summed E-state index contributed by atoms with van der Waals surface area (Å²) in [4.78, 5) is 39.1. The van der Waals surface area contributed by atoms with Gasteiger partial charge in [-0.2, -0.15) is 0 Å². The van der Waals surface area contributed by atoms with Crippen molar-refractivity contribution in [2.45, 2.75) is 30.6 Å². The number of rotatable bonds is 8. The number of nitrogens with one attached hydrogen (secondary N) is 1. The number of carbonyl (C=O) groups excluding carboxylic acids is 1. The number of nitrogens with zero attached hydrogens (tertiary/aromatic N) is 4. The zero-order valence-electron chi connectivity index (χ0n) is 15.3. The molecule has 0 radical (unpaired) electrons. The second kappa shape index (κ2) is 7.59. The molecular formula is C18H18N6O4S. The molecule has 3 N–H and O–H groups in total. The summed E-state index contributed by atoms with van der Waals surface area (Å²) in [7, 11) is 0. The van der Waals surface area contributed by atoms with Gasteiger partial charge >= 0.3 is 5.69 Å². The number of hydrogen-bond donors (Lipinski definition) is 2. The third-order valence-electron chi connectivity index (χ3n) is 4.48. The highest BCUT2D eigenvalue weighted by Crippen LogP contribution is 2.35. The maximum Gasteiger partial charge on any atom is 0.330 e. The van der Waals surface area contributed by atoms with E-state index in [0.29, 0.717) is 23.3 Å². The van der Waals surface area contributed by atoms with E-state index in [-0.39, 0.29) is 23.2 Å². The van der Waals surface area contributed by atoms with Gasteiger partial charge in [0.05, 0.1) is 12.0 Å². The highest BCUT2D eigenvalue weighted by molar-refractivity contribution is 7.99. The summed E-state index contributed by atoms with van der Waals surface area (Å²) in [5.41, 5.74) is 4.42.